The summed E-state index contributed by atoms with van der Waals surface area (Å²) in [7, 11) is 0. The Kier molecular flexibility index (Phi) is 4.92. The van der Waals surface area contributed by atoms with Gasteiger partial charge in [0, 0.05) is 32.9 Å². The molecule has 0 amide bonds. The van der Waals surface area contributed by atoms with Crippen LogP contribution in [0.3, 0.4) is 0 Å². The van der Waals surface area contributed by atoms with Crippen molar-refractivity contribution in [2.24, 2.45) is 0 Å². The first-order chi connectivity index (χ1) is 9.49. The third kappa shape index (κ3) is 3.45. The molecule has 0 fully saturated rings. The van der Waals surface area contributed by atoms with E-state index >= 15 is 0 Å². The lowest BCUT2D eigenvalue weighted by molar-refractivity contribution is 0.221. The summed E-state index contributed by atoms with van der Waals surface area (Å²) in [6.07, 6.45) is -0.816. The molecule has 0 spiro atoms. The average Bonchev–Trinajstić information content (AvgIpc) is 2.40. The van der Waals surface area contributed by atoms with Crippen LogP contribution in [0.5, 0.6) is 0 Å². The standard InChI is InChI=1S/C16H17Cl2NO/c1-10(2)19-15-8-7-11(17)9-13(15)16(20)12-5-3-4-6-14(12)18/h3-10,16,19-20H,1-2H3/t16-/m0/s1. The van der Waals surface area contributed by atoms with E-state index in [9.17, 15) is 5.11 Å². The van der Waals surface area contributed by atoms with Crippen molar-refractivity contribution in [3.05, 3.63) is 63.6 Å². The van der Waals surface area contributed by atoms with Crippen molar-refractivity contribution in [2.75, 3.05) is 5.32 Å². The van der Waals surface area contributed by atoms with Gasteiger partial charge in [0.25, 0.3) is 0 Å². The molecule has 0 heterocycles. The number of benzene rings is 2. The molecule has 0 saturated carbocycles. The number of halogens is 2. The van der Waals surface area contributed by atoms with Gasteiger partial charge in [0.15, 0.2) is 0 Å². The molecule has 0 aliphatic heterocycles. The number of hydrogen-bond donors (Lipinski definition) is 2. The third-order valence-electron chi connectivity index (χ3n) is 2.95. The fourth-order valence-electron chi connectivity index (χ4n) is 2.07. The number of anilines is 1. The maximum absolute atomic E-state index is 10.6. The van der Waals surface area contributed by atoms with Crippen LogP contribution in [-0.4, -0.2) is 11.1 Å². The van der Waals surface area contributed by atoms with Crippen LogP contribution >= 0.6 is 23.2 Å². The highest BCUT2D eigenvalue weighted by molar-refractivity contribution is 6.31. The second-order valence-corrected chi connectivity index (χ2v) is 5.80. The zero-order valence-corrected chi connectivity index (χ0v) is 12.9. The van der Waals surface area contributed by atoms with E-state index in [4.69, 9.17) is 23.2 Å². The number of rotatable bonds is 4. The molecule has 0 unspecified atom stereocenters. The van der Waals surface area contributed by atoms with E-state index in [0.29, 0.717) is 15.6 Å². The molecule has 2 rings (SSSR count). The van der Waals surface area contributed by atoms with Crippen LogP contribution < -0.4 is 5.32 Å². The summed E-state index contributed by atoms with van der Waals surface area (Å²) in [4.78, 5) is 0. The molecular weight excluding hydrogens is 293 g/mol. The third-order valence-corrected chi connectivity index (χ3v) is 3.53. The van der Waals surface area contributed by atoms with Crippen molar-refractivity contribution in [3.8, 4) is 0 Å². The second kappa shape index (κ2) is 6.49. The van der Waals surface area contributed by atoms with E-state index in [2.05, 4.69) is 5.32 Å². The minimum Gasteiger partial charge on any atom is -0.384 e. The van der Waals surface area contributed by atoms with Crippen molar-refractivity contribution < 1.29 is 5.11 Å². The first-order valence-electron chi connectivity index (χ1n) is 6.47. The highest BCUT2D eigenvalue weighted by Gasteiger charge is 2.18. The Morgan fingerprint density at radius 3 is 2.35 bits per heavy atom. The van der Waals surface area contributed by atoms with Gasteiger partial charge in [0.1, 0.15) is 6.10 Å². The van der Waals surface area contributed by atoms with Gasteiger partial charge >= 0.3 is 0 Å². The van der Waals surface area contributed by atoms with Gasteiger partial charge in [-0.05, 0) is 38.1 Å². The molecule has 0 aromatic heterocycles. The fourth-order valence-corrected chi connectivity index (χ4v) is 2.49. The average molecular weight is 310 g/mol. The highest BCUT2D eigenvalue weighted by Crippen LogP contribution is 2.34. The summed E-state index contributed by atoms with van der Waals surface area (Å²) < 4.78 is 0. The van der Waals surface area contributed by atoms with E-state index in [1.807, 2.05) is 38.1 Å². The van der Waals surface area contributed by atoms with Gasteiger partial charge in [0.05, 0.1) is 0 Å². The summed E-state index contributed by atoms with van der Waals surface area (Å²) in [6.45, 7) is 4.08. The van der Waals surface area contributed by atoms with Gasteiger partial charge in [-0.25, -0.2) is 0 Å². The Bertz CT molecular complexity index is 599. The van der Waals surface area contributed by atoms with Crippen molar-refractivity contribution in [2.45, 2.75) is 26.0 Å². The Labute approximate surface area is 129 Å². The molecule has 0 saturated heterocycles. The molecule has 4 heteroatoms. The number of aliphatic hydroxyl groups excluding tert-OH is 1. The molecule has 2 nitrogen and oxygen atoms in total. The summed E-state index contributed by atoms with van der Waals surface area (Å²) in [5, 5.41) is 15.0. The zero-order chi connectivity index (χ0) is 14.7. The molecule has 20 heavy (non-hydrogen) atoms. The van der Waals surface area contributed by atoms with Crippen LogP contribution in [0.4, 0.5) is 5.69 Å². The predicted octanol–water partition coefficient (Wildman–Crippen LogP) is 4.90. The van der Waals surface area contributed by atoms with Gasteiger partial charge in [-0.2, -0.15) is 0 Å². The molecule has 2 aromatic carbocycles. The van der Waals surface area contributed by atoms with E-state index in [1.165, 1.54) is 0 Å². The summed E-state index contributed by atoms with van der Waals surface area (Å²) in [6, 6.07) is 13.0. The van der Waals surface area contributed by atoms with Crippen LogP contribution in [0, 0.1) is 0 Å². The molecular formula is C16H17Cl2NO. The smallest absolute Gasteiger partial charge is 0.108 e. The maximum atomic E-state index is 10.6. The molecule has 0 aliphatic rings. The summed E-state index contributed by atoms with van der Waals surface area (Å²) in [5.74, 6) is 0. The molecule has 2 aromatic rings. The Morgan fingerprint density at radius 1 is 1.00 bits per heavy atom. The van der Waals surface area contributed by atoms with E-state index < -0.39 is 6.10 Å². The Morgan fingerprint density at radius 2 is 1.70 bits per heavy atom. The van der Waals surface area contributed by atoms with Crippen LogP contribution in [-0.2, 0) is 0 Å². The monoisotopic (exact) mass is 309 g/mol. The van der Waals surface area contributed by atoms with Gasteiger partial charge in [-0.1, -0.05) is 41.4 Å². The fraction of sp³-hybridized carbons (Fsp3) is 0.250. The highest BCUT2D eigenvalue weighted by atomic mass is 35.5. The molecule has 106 valence electrons. The van der Waals surface area contributed by atoms with Crippen molar-refractivity contribution in [3.63, 3.8) is 0 Å². The lowest BCUT2D eigenvalue weighted by Gasteiger charge is -2.20. The van der Waals surface area contributed by atoms with Crippen molar-refractivity contribution in [1.29, 1.82) is 0 Å². The van der Waals surface area contributed by atoms with E-state index in [1.54, 1.807) is 18.2 Å². The van der Waals surface area contributed by atoms with E-state index in [-0.39, 0.29) is 6.04 Å². The number of hydrogen-bond acceptors (Lipinski definition) is 2. The Balaban J connectivity index is 2.45. The molecule has 0 aliphatic carbocycles. The van der Waals surface area contributed by atoms with Gasteiger partial charge in [0.2, 0.25) is 0 Å². The lowest BCUT2D eigenvalue weighted by atomic mass is 9.99. The van der Waals surface area contributed by atoms with Gasteiger partial charge in [-0.15, -0.1) is 0 Å². The van der Waals surface area contributed by atoms with Crippen LogP contribution in [0.15, 0.2) is 42.5 Å². The molecule has 1 atom stereocenters. The largest absolute Gasteiger partial charge is 0.384 e. The van der Waals surface area contributed by atoms with Crippen LogP contribution in [0.1, 0.15) is 31.1 Å². The summed E-state index contributed by atoms with van der Waals surface area (Å²) in [5.41, 5.74) is 2.25. The lowest BCUT2D eigenvalue weighted by Crippen LogP contribution is -2.13. The van der Waals surface area contributed by atoms with Gasteiger partial charge < -0.3 is 10.4 Å². The van der Waals surface area contributed by atoms with Crippen molar-refractivity contribution in [1.82, 2.24) is 0 Å². The van der Waals surface area contributed by atoms with E-state index in [0.717, 1.165) is 11.3 Å². The molecule has 0 radical (unpaired) electrons. The quantitative estimate of drug-likeness (QED) is 0.842. The second-order valence-electron chi connectivity index (χ2n) is 4.95. The first kappa shape index (κ1) is 15.2. The van der Waals surface area contributed by atoms with Crippen LogP contribution in [0.25, 0.3) is 0 Å². The predicted molar refractivity (Wildman–Crippen MR) is 85.7 cm³/mol. The van der Waals surface area contributed by atoms with Gasteiger partial charge in [-0.3, -0.25) is 0 Å². The normalized spacial score (nSPS) is 12.5. The number of nitrogens with one attached hydrogen (secondary N) is 1. The Hall–Kier alpha value is -1.22. The van der Waals surface area contributed by atoms with Crippen LogP contribution in [0.2, 0.25) is 10.0 Å². The first-order valence-corrected chi connectivity index (χ1v) is 7.23. The maximum Gasteiger partial charge on any atom is 0.108 e. The summed E-state index contributed by atoms with van der Waals surface area (Å²) >= 11 is 12.2. The SMILES string of the molecule is CC(C)Nc1ccc(Cl)cc1[C@@H](O)c1ccccc1Cl. The van der Waals surface area contributed by atoms with Crippen molar-refractivity contribution >= 4 is 28.9 Å². The zero-order valence-electron chi connectivity index (χ0n) is 11.4. The molecule has 0 bridgehead atoms. The minimum atomic E-state index is -0.816. The molecule has 2 N–H and O–H groups in total. The topological polar surface area (TPSA) is 32.3 Å². The minimum absolute atomic E-state index is 0.258. The number of aliphatic hydroxyl groups is 1.